The molecule has 0 bridgehead atoms. The van der Waals surface area contributed by atoms with E-state index in [0.29, 0.717) is 16.8 Å². The Balaban J connectivity index is 1.59. The lowest BCUT2D eigenvalue weighted by Gasteiger charge is -2.35. The Morgan fingerprint density at radius 3 is 2.43 bits per heavy atom. The number of carbonyl (C=O) groups excluding carboxylic acids is 1. The van der Waals surface area contributed by atoms with Gasteiger partial charge >= 0.3 is 6.03 Å². The van der Waals surface area contributed by atoms with Crippen LogP contribution in [0.1, 0.15) is 35.5 Å². The molecule has 1 aliphatic rings. The summed E-state index contributed by atoms with van der Waals surface area (Å²) in [6.45, 7) is 4.02. The maximum atomic E-state index is 13.7. The first-order chi connectivity index (χ1) is 16.9. The fourth-order valence-electron chi connectivity index (χ4n) is 4.11. The van der Waals surface area contributed by atoms with Crippen LogP contribution in [0.15, 0.2) is 83.0 Å². The van der Waals surface area contributed by atoms with Crippen LogP contribution >= 0.6 is 0 Å². The average Bonchev–Trinajstić information content (AvgIpc) is 3.33. The molecule has 0 saturated heterocycles. The zero-order valence-electron chi connectivity index (χ0n) is 19.1. The van der Waals surface area contributed by atoms with Gasteiger partial charge in [-0.3, -0.25) is 4.90 Å². The van der Waals surface area contributed by atoms with E-state index in [1.165, 1.54) is 24.3 Å². The van der Waals surface area contributed by atoms with Gasteiger partial charge in [0.1, 0.15) is 11.6 Å². The monoisotopic (exact) mass is 472 g/mol. The van der Waals surface area contributed by atoms with Crippen LogP contribution in [0.5, 0.6) is 0 Å². The minimum Gasteiger partial charge on any atom is -0.334 e. The highest BCUT2D eigenvalue weighted by Crippen LogP contribution is 2.38. The summed E-state index contributed by atoms with van der Waals surface area (Å²) >= 11 is 0. The van der Waals surface area contributed by atoms with E-state index < -0.39 is 11.9 Å². The summed E-state index contributed by atoms with van der Waals surface area (Å²) in [6, 6.07) is 18.9. The highest BCUT2D eigenvalue weighted by molar-refractivity contribution is 5.86. The molecule has 8 heteroatoms. The number of benzene rings is 3. The minimum absolute atomic E-state index is 0.219. The highest BCUT2D eigenvalue weighted by Gasteiger charge is 2.35. The van der Waals surface area contributed by atoms with E-state index in [9.17, 15) is 13.6 Å². The summed E-state index contributed by atoms with van der Waals surface area (Å²) in [5, 5.41) is 7.10. The Kier molecular flexibility index (Phi) is 5.86. The molecule has 0 aliphatic carbocycles. The standard InChI is InChI=1S/C27H22F2N4O2/c1-16-6-10-19(11-7-16)24-23(26-31-25(32-35-26)20-4-3-5-22(29)14-20)17(2)33(27(34)30-24)15-18-8-12-21(28)13-9-18/h3-14,24H,15H2,1-2H3,(H,30,34). The van der Waals surface area contributed by atoms with Crippen molar-refractivity contribution < 1.29 is 18.1 Å². The molecule has 1 unspecified atom stereocenters. The predicted octanol–water partition coefficient (Wildman–Crippen LogP) is 6.02. The van der Waals surface area contributed by atoms with Crippen LogP contribution in [0.4, 0.5) is 13.6 Å². The lowest BCUT2D eigenvalue weighted by Crippen LogP contribution is -2.45. The van der Waals surface area contributed by atoms with Crippen molar-refractivity contribution in [1.29, 1.82) is 0 Å². The second-order valence-corrected chi connectivity index (χ2v) is 8.44. The van der Waals surface area contributed by atoms with E-state index >= 15 is 0 Å². The summed E-state index contributed by atoms with van der Waals surface area (Å²) in [4.78, 5) is 19.3. The van der Waals surface area contributed by atoms with Crippen LogP contribution in [0, 0.1) is 18.6 Å². The summed E-state index contributed by atoms with van der Waals surface area (Å²) in [5.74, 6) is -0.293. The summed E-state index contributed by atoms with van der Waals surface area (Å²) in [7, 11) is 0. The molecule has 176 valence electrons. The molecule has 4 aromatic rings. The van der Waals surface area contributed by atoms with Crippen molar-refractivity contribution in [2.24, 2.45) is 0 Å². The third kappa shape index (κ3) is 4.55. The maximum absolute atomic E-state index is 13.7. The first-order valence-corrected chi connectivity index (χ1v) is 11.1. The third-order valence-electron chi connectivity index (χ3n) is 6.00. The third-order valence-corrected chi connectivity index (χ3v) is 6.00. The predicted molar refractivity (Wildman–Crippen MR) is 127 cm³/mol. The highest BCUT2D eigenvalue weighted by atomic mass is 19.1. The van der Waals surface area contributed by atoms with Crippen molar-refractivity contribution in [3.63, 3.8) is 0 Å². The van der Waals surface area contributed by atoms with Gasteiger partial charge in [-0.2, -0.15) is 4.98 Å². The fourth-order valence-corrected chi connectivity index (χ4v) is 4.11. The second-order valence-electron chi connectivity index (χ2n) is 8.44. The van der Waals surface area contributed by atoms with E-state index in [4.69, 9.17) is 4.52 Å². The van der Waals surface area contributed by atoms with E-state index in [1.54, 1.807) is 29.2 Å². The van der Waals surface area contributed by atoms with Crippen molar-refractivity contribution in [3.05, 3.63) is 113 Å². The molecule has 0 fully saturated rings. The van der Waals surface area contributed by atoms with Crippen molar-refractivity contribution in [2.75, 3.05) is 0 Å². The molecular formula is C27H22F2N4O2. The molecule has 3 aromatic carbocycles. The second kappa shape index (κ2) is 9.13. The van der Waals surface area contributed by atoms with Gasteiger partial charge in [0.2, 0.25) is 5.82 Å². The topological polar surface area (TPSA) is 71.3 Å². The number of hydrogen-bond acceptors (Lipinski definition) is 4. The number of allylic oxidation sites excluding steroid dienone is 1. The van der Waals surface area contributed by atoms with Gasteiger partial charge in [-0.05, 0) is 49.2 Å². The van der Waals surface area contributed by atoms with Crippen LogP contribution in [-0.4, -0.2) is 21.1 Å². The van der Waals surface area contributed by atoms with E-state index in [-0.39, 0.29) is 30.1 Å². The number of carbonyl (C=O) groups is 1. The summed E-state index contributed by atoms with van der Waals surface area (Å²) in [5.41, 5.74) is 4.43. The Hall–Kier alpha value is -4.33. The number of urea groups is 1. The largest absolute Gasteiger partial charge is 0.334 e. The fraction of sp³-hybridized carbons (Fsp3) is 0.148. The summed E-state index contributed by atoms with van der Waals surface area (Å²) < 4.78 is 32.8. The van der Waals surface area contributed by atoms with Gasteiger partial charge in [-0.15, -0.1) is 0 Å². The van der Waals surface area contributed by atoms with Gasteiger partial charge in [0.15, 0.2) is 0 Å². The average molecular weight is 472 g/mol. The number of aromatic nitrogens is 2. The Morgan fingerprint density at radius 1 is 0.971 bits per heavy atom. The van der Waals surface area contributed by atoms with Gasteiger partial charge in [0, 0.05) is 11.3 Å². The molecule has 0 spiro atoms. The normalized spacial score (nSPS) is 15.9. The van der Waals surface area contributed by atoms with E-state index in [1.807, 2.05) is 38.1 Å². The van der Waals surface area contributed by atoms with Crippen molar-refractivity contribution in [2.45, 2.75) is 26.4 Å². The van der Waals surface area contributed by atoms with Gasteiger partial charge in [0.25, 0.3) is 5.89 Å². The molecule has 1 aromatic heterocycles. The molecule has 2 heterocycles. The molecule has 6 nitrogen and oxygen atoms in total. The number of nitrogens with zero attached hydrogens (tertiary/aromatic N) is 3. The number of aryl methyl sites for hydroxylation is 1. The zero-order chi connectivity index (χ0) is 24.5. The van der Waals surface area contributed by atoms with Crippen LogP contribution in [0.2, 0.25) is 0 Å². The smallest absolute Gasteiger partial charge is 0.322 e. The van der Waals surface area contributed by atoms with Crippen molar-refractivity contribution in [3.8, 4) is 11.4 Å². The molecule has 35 heavy (non-hydrogen) atoms. The number of nitrogens with one attached hydrogen (secondary N) is 1. The van der Waals surface area contributed by atoms with Crippen LogP contribution in [0.25, 0.3) is 17.0 Å². The number of amides is 2. The number of rotatable bonds is 5. The number of halogens is 2. The molecular weight excluding hydrogens is 450 g/mol. The molecule has 1 aliphatic heterocycles. The Labute approximate surface area is 200 Å². The lowest BCUT2D eigenvalue weighted by molar-refractivity contribution is 0.203. The number of hydrogen-bond donors (Lipinski definition) is 1. The Morgan fingerprint density at radius 2 is 1.71 bits per heavy atom. The molecule has 1 atom stereocenters. The van der Waals surface area contributed by atoms with E-state index in [2.05, 4.69) is 15.5 Å². The van der Waals surface area contributed by atoms with Gasteiger partial charge in [0.05, 0.1) is 18.2 Å². The lowest BCUT2D eigenvalue weighted by atomic mass is 9.94. The Bertz CT molecular complexity index is 1410. The first-order valence-electron chi connectivity index (χ1n) is 11.1. The van der Waals surface area contributed by atoms with Crippen LogP contribution < -0.4 is 5.32 Å². The SMILES string of the molecule is CC1=C(c2nc(-c3cccc(F)c3)no2)C(c2ccc(C)cc2)NC(=O)N1Cc1ccc(F)cc1. The van der Waals surface area contributed by atoms with Crippen LogP contribution in [-0.2, 0) is 6.54 Å². The van der Waals surface area contributed by atoms with Crippen molar-refractivity contribution >= 4 is 11.6 Å². The molecule has 1 N–H and O–H groups in total. The van der Waals surface area contributed by atoms with Crippen LogP contribution in [0.3, 0.4) is 0 Å². The minimum atomic E-state index is -0.534. The summed E-state index contributed by atoms with van der Waals surface area (Å²) in [6.07, 6.45) is 0. The van der Waals surface area contributed by atoms with Gasteiger partial charge in [-0.1, -0.05) is 59.3 Å². The molecule has 2 amide bonds. The molecule has 0 radical (unpaired) electrons. The van der Waals surface area contributed by atoms with Gasteiger partial charge in [-0.25, -0.2) is 13.6 Å². The quantitative estimate of drug-likeness (QED) is 0.386. The van der Waals surface area contributed by atoms with E-state index in [0.717, 1.165) is 16.7 Å². The zero-order valence-corrected chi connectivity index (χ0v) is 19.1. The molecule has 5 rings (SSSR count). The maximum Gasteiger partial charge on any atom is 0.322 e. The first kappa shape index (κ1) is 22.5. The van der Waals surface area contributed by atoms with Crippen molar-refractivity contribution in [1.82, 2.24) is 20.4 Å². The molecule has 0 saturated carbocycles. The van der Waals surface area contributed by atoms with Gasteiger partial charge < -0.3 is 9.84 Å².